The van der Waals surface area contributed by atoms with Gasteiger partial charge in [0.25, 0.3) is 5.91 Å². The van der Waals surface area contributed by atoms with Gasteiger partial charge in [0.1, 0.15) is 21.3 Å². The molecule has 0 saturated heterocycles. The number of carbonyl (C=O) groups excluding carboxylic acids is 1. The van der Waals surface area contributed by atoms with Crippen LogP contribution in [0.5, 0.6) is 11.5 Å². The number of aromatic hydroxyl groups is 2. The van der Waals surface area contributed by atoms with Crippen molar-refractivity contribution in [2.45, 2.75) is 0 Å². The molecule has 0 aromatic heterocycles. The first-order valence-corrected chi connectivity index (χ1v) is 7.21. The number of hydrogen-bond donors (Lipinski definition) is 2. The van der Waals surface area contributed by atoms with E-state index in [0.29, 0.717) is 0 Å². The number of carbonyl (C=O) groups is 1. The van der Waals surface area contributed by atoms with Crippen LogP contribution in [-0.4, -0.2) is 55.0 Å². The Balaban J connectivity index is 2.80. The van der Waals surface area contributed by atoms with E-state index >= 15 is 0 Å². The molecule has 18 heavy (non-hydrogen) atoms. The predicted molar refractivity (Wildman–Crippen MR) is 66.4 cm³/mol. The molecule has 100 valence electrons. The van der Waals surface area contributed by atoms with Crippen LogP contribution < -0.4 is 0 Å². The lowest BCUT2D eigenvalue weighted by Crippen LogP contribution is -2.31. The maximum Gasteiger partial charge on any atom is 0.253 e. The highest BCUT2D eigenvalue weighted by atomic mass is 32.2. The fourth-order valence-corrected chi connectivity index (χ4v) is 1.95. The van der Waals surface area contributed by atoms with Crippen LogP contribution >= 0.6 is 0 Å². The predicted octanol–water partition coefficient (Wildman–Crippen LogP) is 0.214. The Morgan fingerprint density at radius 3 is 2.17 bits per heavy atom. The molecule has 0 radical (unpaired) electrons. The van der Waals surface area contributed by atoms with Gasteiger partial charge >= 0.3 is 0 Å². The highest BCUT2D eigenvalue weighted by molar-refractivity contribution is 7.90. The second kappa shape index (κ2) is 5.26. The van der Waals surface area contributed by atoms with Crippen molar-refractivity contribution in [3.63, 3.8) is 0 Å². The second-order valence-corrected chi connectivity index (χ2v) is 6.35. The molecule has 0 spiro atoms. The molecule has 1 aromatic rings. The lowest BCUT2D eigenvalue weighted by Gasteiger charge is -2.16. The monoisotopic (exact) mass is 273 g/mol. The maximum absolute atomic E-state index is 11.9. The van der Waals surface area contributed by atoms with Gasteiger partial charge in [0.15, 0.2) is 0 Å². The Morgan fingerprint density at radius 2 is 1.72 bits per heavy atom. The lowest BCUT2D eigenvalue weighted by atomic mass is 10.2. The number of phenols is 2. The summed E-state index contributed by atoms with van der Waals surface area (Å²) in [5, 5.41) is 18.5. The van der Waals surface area contributed by atoms with Crippen LogP contribution in [-0.2, 0) is 9.84 Å². The number of sulfone groups is 1. The summed E-state index contributed by atoms with van der Waals surface area (Å²) in [6.07, 6.45) is 1.09. The molecular weight excluding hydrogens is 258 g/mol. The van der Waals surface area contributed by atoms with E-state index in [1.54, 1.807) is 0 Å². The molecule has 1 aromatic carbocycles. The molecule has 0 fully saturated rings. The van der Waals surface area contributed by atoms with Gasteiger partial charge in [-0.1, -0.05) is 0 Å². The van der Waals surface area contributed by atoms with Crippen LogP contribution in [0.4, 0.5) is 0 Å². The summed E-state index contributed by atoms with van der Waals surface area (Å²) in [5.74, 6) is -1.06. The fraction of sp³-hybridized carbons (Fsp3) is 0.364. The van der Waals surface area contributed by atoms with Gasteiger partial charge < -0.3 is 15.1 Å². The van der Waals surface area contributed by atoms with Gasteiger partial charge in [0.05, 0.1) is 5.75 Å². The van der Waals surface area contributed by atoms with Gasteiger partial charge in [-0.15, -0.1) is 0 Å². The fourth-order valence-electron chi connectivity index (χ4n) is 1.34. The highest BCUT2D eigenvalue weighted by Gasteiger charge is 2.15. The van der Waals surface area contributed by atoms with Gasteiger partial charge in [-0.05, 0) is 12.1 Å². The topological polar surface area (TPSA) is 94.9 Å². The number of hydrogen-bond acceptors (Lipinski definition) is 5. The molecule has 0 atom stereocenters. The minimum Gasteiger partial charge on any atom is -0.508 e. The highest BCUT2D eigenvalue weighted by Crippen LogP contribution is 2.21. The van der Waals surface area contributed by atoms with Crippen molar-refractivity contribution in [3.05, 3.63) is 23.8 Å². The molecular formula is C11H15NO5S. The summed E-state index contributed by atoms with van der Waals surface area (Å²) in [5.41, 5.74) is 0.100. The minimum atomic E-state index is -3.14. The molecule has 1 rings (SSSR count). The Labute approximate surface area is 105 Å². The van der Waals surface area contributed by atoms with Gasteiger partial charge in [-0.3, -0.25) is 4.79 Å². The second-order valence-electron chi connectivity index (χ2n) is 4.09. The van der Waals surface area contributed by atoms with E-state index in [1.807, 2.05) is 0 Å². The molecule has 2 N–H and O–H groups in total. The molecule has 7 heteroatoms. The van der Waals surface area contributed by atoms with Crippen molar-refractivity contribution in [2.24, 2.45) is 0 Å². The molecule has 1 amide bonds. The number of rotatable bonds is 4. The van der Waals surface area contributed by atoms with Gasteiger partial charge in [-0.2, -0.15) is 0 Å². The number of nitrogens with zero attached hydrogens (tertiary/aromatic N) is 1. The number of phenolic OH excluding ortho intramolecular Hbond substituents is 2. The summed E-state index contributed by atoms with van der Waals surface area (Å²) >= 11 is 0. The normalized spacial score (nSPS) is 11.2. The van der Waals surface area contributed by atoms with Crippen LogP contribution in [0.2, 0.25) is 0 Å². The van der Waals surface area contributed by atoms with E-state index in [2.05, 4.69) is 0 Å². The average molecular weight is 273 g/mol. The van der Waals surface area contributed by atoms with Crippen molar-refractivity contribution < 1.29 is 23.4 Å². The summed E-state index contributed by atoms with van der Waals surface area (Å²) in [4.78, 5) is 13.1. The van der Waals surface area contributed by atoms with Crippen LogP contribution in [0.15, 0.2) is 18.2 Å². The number of amides is 1. The Bertz CT molecular complexity index is 532. The van der Waals surface area contributed by atoms with Crippen molar-refractivity contribution in [2.75, 3.05) is 25.6 Å². The maximum atomic E-state index is 11.9. The van der Waals surface area contributed by atoms with Crippen molar-refractivity contribution in [1.82, 2.24) is 4.90 Å². The van der Waals surface area contributed by atoms with E-state index in [0.717, 1.165) is 12.3 Å². The Hall–Kier alpha value is -1.76. The molecule has 0 saturated carbocycles. The Morgan fingerprint density at radius 1 is 1.22 bits per heavy atom. The minimum absolute atomic E-state index is 0.0497. The zero-order chi connectivity index (χ0) is 13.9. The molecule has 0 aliphatic rings. The molecule has 0 aliphatic carbocycles. The van der Waals surface area contributed by atoms with E-state index in [1.165, 1.54) is 24.1 Å². The van der Waals surface area contributed by atoms with Crippen LogP contribution in [0.25, 0.3) is 0 Å². The third kappa shape index (κ3) is 4.25. The molecule has 0 unspecified atom stereocenters. The largest absolute Gasteiger partial charge is 0.508 e. The zero-order valence-corrected chi connectivity index (χ0v) is 10.9. The quantitative estimate of drug-likeness (QED) is 0.818. The lowest BCUT2D eigenvalue weighted by molar-refractivity contribution is 0.0802. The van der Waals surface area contributed by atoms with Crippen LogP contribution in [0.1, 0.15) is 10.4 Å². The van der Waals surface area contributed by atoms with Gasteiger partial charge in [-0.25, -0.2) is 8.42 Å². The molecule has 0 aliphatic heterocycles. The first kappa shape index (κ1) is 14.3. The van der Waals surface area contributed by atoms with Crippen molar-refractivity contribution in [3.8, 4) is 11.5 Å². The van der Waals surface area contributed by atoms with Crippen molar-refractivity contribution in [1.29, 1.82) is 0 Å². The summed E-state index contributed by atoms with van der Waals surface area (Å²) in [6.45, 7) is 0.0497. The smallest absolute Gasteiger partial charge is 0.253 e. The van der Waals surface area contributed by atoms with E-state index < -0.39 is 15.7 Å². The third-order valence-electron chi connectivity index (χ3n) is 2.29. The number of benzene rings is 1. The molecule has 0 heterocycles. The standard InChI is InChI=1S/C11H15NO5S/c1-12(3-4-18(2,16)17)11(15)8-5-9(13)7-10(14)6-8/h5-7,13-14H,3-4H2,1-2H3. The summed E-state index contributed by atoms with van der Waals surface area (Å²) in [7, 11) is -1.69. The first-order valence-electron chi connectivity index (χ1n) is 5.15. The van der Waals surface area contributed by atoms with Gasteiger partial charge in [0, 0.05) is 31.5 Å². The third-order valence-corrected chi connectivity index (χ3v) is 3.22. The molecule has 6 nitrogen and oxygen atoms in total. The zero-order valence-electron chi connectivity index (χ0n) is 10.1. The van der Waals surface area contributed by atoms with E-state index in [-0.39, 0.29) is 29.4 Å². The average Bonchev–Trinajstić information content (AvgIpc) is 2.22. The summed E-state index contributed by atoms with van der Waals surface area (Å²) < 4.78 is 22.0. The van der Waals surface area contributed by atoms with Crippen LogP contribution in [0, 0.1) is 0 Å². The first-order chi connectivity index (χ1) is 8.19. The summed E-state index contributed by atoms with van der Waals surface area (Å²) in [6, 6.07) is 3.52. The SMILES string of the molecule is CN(CCS(C)(=O)=O)C(=O)c1cc(O)cc(O)c1. The Kier molecular flexibility index (Phi) is 4.18. The molecule has 0 bridgehead atoms. The van der Waals surface area contributed by atoms with E-state index in [9.17, 15) is 23.4 Å². The van der Waals surface area contributed by atoms with Crippen LogP contribution in [0.3, 0.4) is 0 Å². The van der Waals surface area contributed by atoms with E-state index in [4.69, 9.17) is 0 Å². The van der Waals surface area contributed by atoms with Crippen molar-refractivity contribution >= 4 is 15.7 Å². The van der Waals surface area contributed by atoms with Gasteiger partial charge in [0.2, 0.25) is 0 Å².